The van der Waals surface area contributed by atoms with Gasteiger partial charge < -0.3 is 10.7 Å². The highest BCUT2D eigenvalue weighted by Gasteiger charge is 2.49. The molecular weight excluding hydrogens is 246 g/mol. The lowest BCUT2D eigenvalue weighted by molar-refractivity contribution is -0.00441. The molecule has 3 N–H and O–H groups in total. The Morgan fingerprint density at radius 3 is 2.20 bits per heavy atom. The molecule has 1 aromatic rings. The van der Waals surface area contributed by atoms with Crippen LogP contribution in [0.5, 0.6) is 0 Å². The van der Waals surface area contributed by atoms with Crippen LogP contribution in [-0.2, 0) is 6.54 Å². The van der Waals surface area contributed by atoms with Gasteiger partial charge in [-0.2, -0.15) is 0 Å². The first-order chi connectivity index (χ1) is 9.65. The van der Waals surface area contributed by atoms with E-state index in [2.05, 4.69) is 18.8 Å². The van der Waals surface area contributed by atoms with E-state index in [1.54, 1.807) is 0 Å². The highest BCUT2D eigenvalue weighted by molar-refractivity contribution is 5.26. The Hall–Kier alpha value is -0.830. The Morgan fingerprint density at radius 2 is 1.70 bits per heavy atom. The van der Waals surface area contributed by atoms with Gasteiger partial charge >= 0.3 is 0 Å². The second-order valence-corrected chi connectivity index (χ2v) is 7.80. The molecule has 0 aromatic carbocycles. The van der Waals surface area contributed by atoms with Gasteiger partial charge in [-0.25, -0.2) is 4.98 Å². The minimum atomic E-state index is 0.499. The van der Waals surface area contributed by atoms with Gasteiger partial charge in [-0.1, -0.05) is 13.8 Å². The molecule has 4 aliphatic carbocycles. The number of aromatic nitrogens is 2. The summed E-state index contributed by atoms with van der Waals surface area (Å²) < 4.78 is 0. The third-order valence-electron chi connectivity index (χ3n) is 6.11. The van der Waals surface area contributed by atoms with Gasteiger partial charge in [-0.05, 0) is 61.7 Å². The van der Waals surface area contributed by atoms with E-state index in [9.17, 15) is 0 Å². The van der Waals surface area contributed by atoms with Crippen LogP contribution >= 0.6 is 0 Å². The van der Waals surface area contributed by atoms with Crippen molar-refractivity contribution in [2.75, 3.05) is 0 Å². The quantitative estimate of drug-likeness (QED) is 0.885. The van der Waals surface area contributed by atoms with Crippen LogP contribution in [0.25, 0.3) is 0 Å². The number of hydrogen-bond acceptors (Lipinski definition) is 2. The zero-order chi connectivity index (χ0) is 13.9. The fourth-order valence-electron chi connectivity index (χ4n) is 5.64. The Labute approximate surface area is 121 Å². The van der Waals surface area contributed by atoms with E-state index in [1.165, 1.54) is 43.5 Å². The van der Waals surface area contributed by atoms with Gasteiger partial charge in [0.1, 0.15) is 5.82 Å². The maximum absolute atomic E-state index is 5.81. The highest BCUT2D eigenvalue weighted by Crippen LogP contribution is 2.60. The van der Waals surface area contributed by atoms with Crippen molar-refractivity contribution in [2.45, 2.75) is 64.3 Å². The molecule has 4 bridgehead atoms. The van der Waals surface area contributed by atoms with Crippen LogP contribution < -0.4 is 5.73 Å². The number of nitrogens with two attached hydrogens (primary N) is 1. The Morgan fingerprint density at radius 1 is 1.10 bits per heavy atom. The molecule has 0 amide bonds. The van der Waals surface area contributed by atoms with E-state index in [0.29, 0.717) is 12.5 Å². The lowest BCUT2D eigenvalue weighted by Gasteiger charge is -2.54. The molecule has 110 valence electrons. The summed E-state index contributed by atoms with van der Waals surface area (Å²) in [7, 11) is 0. The van der Waals surface area contributed by atoms with Crippen molar-refractivity contribution in [3.63, 3.8) is 0 Å². The van der Waals surface area contributed by atoms with Gasteiger partial charge in [0.15, 0.2) is 0 Å². The lowest BCUT2D eigenvalue weighted by atomic mass is 9.51. The van der Waals surface area contributed by atoms with Gasteiger partial charge in [-0.15, -0.1) is 0 Å². The Balaban J connectivity index is 1.72. The van der Waals surface area contributed by atoms with Crippen molar-refractivity contribution in [1.82, 2.24) is 9.97 Å². The summed E-state index contributed by atoms with van der Waals surface area (Å²) in [4.78, 5) is 8.39. The molecular formula is C17H27N3. The first-order valence-corrected chi connectivity index (χ1v) is 8.44. The van der Waals surface area contributed by atoms with Crippen molar-refractivity contribution in [1.29, 1.82) is 0 Å². The number of rotatable bonds is 3. The van der Waals surface area contributed by atoms with Gasteiger partial charge in [0.25, 0.3) is 0 Å². The molecule has 4 saturated carbocycles. The van der Waals surface area contributed by atoms with Gasteiger partial charge in [0, 0.05) is 11.6 Å². The van der Waals surface area contributed by atoms with Crippen LogP contribution in [0.3, 0.4) is 0 Å². The zero-order valence-corrected chi connectivity index (χ0v) is 12.7. The minimum absolute atomic E-state index is 0.499. The van der Waals surface area contributed by atoms with Crippen LogP contribution in [0.15, 0.2) is 0 Å². The van der Waals surface area contributed by atoms with E-state index >= 15 is 0 Å². The van der Waals surface area contributed by atoms with Crippen LogP contribution in [0.2, 0.25) is 0 Å². The zero-order valence-electron chi connectivity index (χ0n) is 12.7. The summed E-state index contributed by atoms with van der Waals surface area (Å²) >= 11 is 0. The molecule has 0 radical (unpaired) electrons. The molecule has 0 aliphatic heterocycles. The molecule has 0 atom stereocenters. The Kier molecular flexibility index (Phi) is 2.95. The molecule has 1 aromatic heterocycles. The largest absolute Gasteiger partial charge is 0.344 e. The number of imidazole rings is 1. The first kappa shape index (κ1) is 12.9. The molecule has 4 aliphatic rings. The van der Waals surface area contributed by atoms with E-state index < -0.39 is 0 Å². The molecule has 5 rings (SSSR count). The van der Waals surface area contributed by atoms with E-state index in [-0.39, 0.29) is 0 Å². The molecule has 0 unspecified atom stereocenters. The average Bonchev–Trinajstić information content (AvgIpc) is 2.81. The average molecular weight is 273 g/mol. The summed E-state index contributed by atoms with van der Waals surface area (Å²) in [5.41, 5.74) is 8.56. The minimum Gasteiger partial charge on any atom is -0.344 e. The SMILES string of the molecule is CC(C)c1nc(CN)[nH]c1C1C2CC3CC(C2)CC1C3. The van der Waals surface area contributed by atoms with Gasteiger partial charge in [-0.3, -0.25) is 0 Å². The molecule has 0 saturated heterocycles. The summed E-state index contributed by atoms with van der Waals surface area (Å²) in [6, 6.07) is 0. The number of aromatic amines is 1. The fourth-order valence-corrected chi connectivity index (χ4v) is 5.64. The third-order valence-corrected chi connectivity index (χ3v) is 6.11. The maximum atomic E-state index is 5.81. The van der Waals surface area contributed by atoms with Crippen molar-refractivity contribution < 1.29 is 0 Å². The molecule has 20 heavy (non-hydrogen) atoms. The predicted molar refractivity (Wildman–Crippen MR) is 80.4 cm³/mol. The van der Waals surface area contributed by atoms with Crippen LogP contribution in [0, 0.1) is 23.7 Å². The van der Waals surface area contributed by atoms with Crippen molar-refractivity contribution in [3.05, 3.63) is 17.2 Å². The van der Waals surface area contributed by atoms with Crippen molar-refractivity contribution in [2.24, 2.45) is 29.4 Å². The van der Waals surface area contributed by atoms with E-state index in [4.69, 9.17) is 10.7 Å². The lowest BCUT2D eigenvalue weighted by Crippen LogP contribution is -2.44. The monoisotopic (exact) mass is 273 g/mol. The number of hydrogen-bond donors (Lipinski definition) is 2. The second-order valence-electron chi connectivity index (χ2n) is 7.80. The van der Waals surface area contributed by atoms with Crippen LogP contribution in [0.1, 0.15) is 75.0 Å². The summed E-state index contributed by atoms with van der Waals surface area (Å²) in [5, 5.41) is 0. The fraction of sp³-hybridized carbons (Fsp3) is 0.824. The van der Waals surface area contributed by atoms with E-state index in [0.717, 1.165) is 35.4 Å². The number of H-pyrrole nitrogens is 1. The van der Waals surface area contributed by atoms with Crippen molar-refractivity contribution in [3.8, 4) is 0 Å². The topological polar surface area (TPSA) is 54.7 Å². The number of nitrogens with one attached hydrogen (secondary N) is 1. The van der Waals surface area contributed by atoms with Crippen molar-refractivity contribution >= 4 is 0 Å². The van der Waals surface area contributed by atoms with Gasteiger partial charge in [0.05, 0.1) is 12.2 Å². The normalized spacial score (nSPS) is 38.9. The predicted octanol–water partition coefficient (Wildman–Crippen LogP) is 3.53. The molecule has 3 heteroatoms. The van der Waals surface area contributed by atoms with Gasteiger partial charge in [0.2, 0.25) is 0 Å². The van der Waals surface area contributed by atoms with Crippen LogP contribution in [-0.4, -0.2) is 9.97 Å². The molecule has 4 fully saturated rings. The summed E-state index contributed by atoms with van der Waals surface area (Å²) in [6.07, 6.45) is 7.38. The highest BCUT2D eigenvalue weighted by atomic mass is 15.0. The molecule has 1 heterocycles. The number of nitrogens with zero attached hydrogens (tertiary/aromatic N) is 1. The standard InChI is InChI=1S/C17H27N3/c1-9(2)16-17(20-14(8-18)19-16)15-12-4-10-3-11(6-12)7-13(15)5-10/h9-13,15H,3-8,18H2,1-2H3,(H,19,20). The smallest absolute Gasteiger partial charge is 0.120 e. The summed E-state index contributed by atoms with van der Waals surface area (Å²) in [5.74, 6) is 6.12. The molecule has 3 nitrogen and oxygen atoms in total. The van der Waals surface area contributed by atoms with Crippen LogP contribution in [0.4, 0.5) is 0 Å². The van der Waals surface area contributed by atoms with E-state index in [1.807, 2.05) is 0 Å². The summed E-state index contributed by atoms with van der Waals surface area (Å²) in [6.45, 7) is 5.05. The second kappa shape index (κ2) is 4.59. The third kappa shape index (κ3) is 1.86. The Bertz CT molecular complexity index is 474. The maximum Gasteiger partial charge on any atom is 0.120 e. The first-order valence-electron chi connectivity index (χ1n) is 8.44. The molecule has 0 spiro atoms.